The molecule has 6 heteroatoms. The van der Waals surface area contributed by atoms with Crippen molar-refractivity contribution in [1.82, 2.24) is 19.7 Å². The highest BCUT2D eigenvalue weighted by molar-refractivity contribution is 8.00. The van der Waals surface area contributed by atoms with Gasteiger partial charge in [0.05, 0.1) is 17.8 Å². The van der Waals surface area contributed by atoms with E-state index in [2.05, 4.69) is 52.8 Å². The summed E-state index contributed by atoms with van der Waals surface area (Å²) in [7, 11) is 4.12. The van der Waals surface area contributed by atoms with E-state index >= 15 is 0 Å². The first-order valence-electron chi connectivity index (χ1n) is 10.3. The fraction of sp³-hybridized carbons (Fsp3) is 0.375. The van der Waals surface area contributed by atoms with Crippen molar-refractivity contribution in [2.24, 2.45) is 0 Å². The van der Waals surface area contributed by atoms with Crippen LogP contribution >= 0.6 is 11.8 Å². The van der Waals surface area contributed by atoms with E-state index in [9.17, 15) is 4.79 Å². The first-order valence-corrected chi connectivity index (χ1v) is 11.2. The molecule has 30 heavy (non-hydrogen) atoms. The number of aromatic nitrogens is 3. The Kier molecular flexibility index (Phi) is 7.45. The van der Waals surface area contributed by atoms with Crippen molar-refractivity contribution >= 4 is 17.5 Å². The third-order valence-corrected chi connectivity index (χ3v) is 6.31. The van der Waals surface area contributed by atoms with Gasteiger partial charge in [0, 0.05) is 5.56 Å². The van der Waals surface area contributed by atoms with Gasteiger partial charge in [-0.05, 0) is 39.9 Å². The van der Waals surface area contributed by atoms with Crippen LogP contribution in [-0.2, 0) is 6.54 Å². The number of ketones is 1. The summed E-state index contributed by atoms with van der Waals surface area (Å²) >= 11 is 1.48. The standard InChI is InChI=1S/C24H30N4OS/c1-6-21(27(4)5)23-25-26-24(28(23)16-19-10-8-7-9-11-19)30-18(3)22(29)20-14-12-17(2)13-15-20/h7-15,18,21H,6,16H2,1-5H3/t18-,21-/m1/s1. The molecule has 0 amide bonds. The Balaban J connectivity index is 1.90. The second-order valence-electron chi connectivity index (χ2n) is 7.79. The highest BCUT2D eigenvalue weighted by Gasteiger charge is 2.25. The van der Waals surface area contributed by atoms with Gasteiger partial charge in [-0.2, -0.15) is 0 Å². The van der Waals surface area contributed by atoms with Crippen molar-refractivity contribution in [3.8, 4) is 0 Å². The first kappa shape index (κ1) is 22.2. The Hall–Kier alpha value is -2.44. The van der Waals surface area contributed by atoms with Gasteiger partial charge in [-0.3, -0.25) is 9.69 Å². The van der Waals surface area contributed by atoms with E-state index in [1.165, 1.54) is 17.3 Å². The van der Waals surface area contributed by atoms with Gasteiger partial charge >= 0.3 is 0 Å². The molecular weight excluding hydrogens is 392 g/mol. The van der Waals surface area contributed by atoms with Crippen LogP contribution in [0.5, 0.6) is 0 Å². The smallest absolute Gasteiger partial charge is 0.192 e. The van der Waals surface area contributed by atoms with Gasteiger partial charge in [0.25, 0.3) is 0 Å². The molecule has 5 nitrogen and oxygen atoms in total. The number of benzene rings is 2. The molecule has 0 saturated heterocycles. The fourth-order valence-corrected chi connectivity index (χ4v) is 4.42. The normalized spacial score (nSPS) is 13.4. The molecule has 3 aromatic rings. The highest BCUT2D eigenvalue weighted by atomic mass is 32.2. The van der Waals surface area contributed by atoms with Crippen LogP contribution in [0.2, 0.25) is 0 Å². The topological polar surface area (TPSA) is 51.0 Å². The molecule has 0 radical (unpaired) electrons. The third kappa shape index (κ3) is 5.18. The van der Waals surface area contributed by atoms with Gasteiger partial charge in [0.15, 0.2) is 16.8 Å². The summed E-state index contributed by atoms with van der Waals surface area (Å²) in [4.78, 5) is 15.1. The van der Waals surface area contributed by atoms with E-state index in [0.717, 1.165) is 28.5 Å². The molecule has 0 aliphatic carbocycles. The number of nitrogens with zero attached hydrogens (tertiary/aromatic N) is 4. The summed E-state index contributed by atoms with van der Waals surface area (Å²) in [5.74, 6) is 1.04. The van der Waals surface area contributed by atoms with Crippen LogP contribution in [0.4, 0.5) is 0 Å². The van der Waals surface area contributed by atoms with Crippen LogP contribution in [0, 0.1) is 6.92 Å². The summed E-state index contributed by atoms with van der Waals surface area (Å²) in [5, 5.41) is 9.56. The van der Waals surface area contributed by atoms with Crippen molar-refractivity contribution in [1.29, 1.82) is 0 Å². The molecule has 0 spiro atoms. The van der Waals surface area contributed by atoms with Gasteiger partial charge in [0.1, 0.15) is 0 Å². The number of carbonyl (C=O) groups is 1. The SMILES string of the molecule is CC[C@H](c1nnc(S[C@H](C)C(=O)c2ccc(C)cc2)n1Cc1ccccc1)N(C)C. The largest absolute Gasteiger partial charge is 0.300 e. The molecule has 0 unspecified atom stereocenters. The van der Waals surface area contributed by atoms with Gasteiger partial charge in [-0.15, -0.1) is 10.2 Å². The van der Waals surface area contributed by atoms with Crippen LogP contribution < -0.4 is 0 Å². The predicted molar refractivity (Wildman–Crippen MR) is 123 cm³/mol. The van der Waals surface area contributed by atoms with Crippen molar-refractivity contribution < 1.29 is 4.79 Å². The Morgan fingerprint density at radius 1 is 1.07 bits per heavy atom. The Morgan fingerprint density at radius 3 is 2.33 bits per heavy atom. The zero-order valence-electron chi connectivity index (χ0n) is 18.4. The highest BCUT2D eigenvalue weighted by Crippen LogP contribution is 2.29. The molecule has 0 bridgehead atoms. The van der Waals surface area contributed by atoms with Crippen molar-refractivity contribution in [2.75, 3.05) is 14.1 Å². The van der Waals surface area contributed by atoms with E-state index in [4.69, 9.17) is 0 Å². The molecular formula is C24H30N4OS. The molecule has 0 aliphatic rings. The maximum absolute atomic E-state index is 12.9. The summed E-state index contributed by atoms with van der Waals surface area (Å²) < 4.78 is 2.16. The minimum Gasteiger partial charge on any atom is -0.300 e. The molecule has 3 rings (SSSR count). The minimum atomic E-state index is -0.251. The van der Waals surface area contributed by atoms with Crippen LogP contribution in [0.1, 0.15) is 53.6 Å². The molecule has 1 heterocycles. The fourth-order valence-electron chi connectivity index (χ4n) is 3.49. The van der Waals surface area contributed by atoms with Gasteiger partial charge in [0.2, 0.25) is 0 Å². The van der Waals surface area contributed by atoms with Gasteiger partial charge in [-0.25, -0.2) is 0 Å². The molecule has 0 aliphatic heterocycles. The van der Waals surface area contributed by atoms with E-state index in [1.54, 1.807) is 0 Å². The zero-order chi connectivity index (χ0) is 21.7. The van der Waals surface area contributed by atoms with E-state index in [0.29, 0.717) is 6.54 Å². The summed E-state index contributed by atoms with van der Waals surface area (Å²) in [6, 6.07) is 18.2. The van der Waals surface area contributed by atoms with E-state index < -0.39 is 0 Å². The third-order valence-electron chi connectivity index (χ3n) is 5.22. The lowest BCUT2D eigenvalue weighted by atomic mass is 10.1. The minimum absolute atomic E-state index is 0.107. The maximum atomic E-state index is 12.9. The van der Waals surface area contributed by atoms with Crippen molar-refractivity contribution in [3.63, 3.8) is 0 Å². The lowest BCUT2D eigenvalue weighted by molar-refractivity contribution is 0.0994. The monoisotopic (exact) mass is 422 g/mol. The van der Waals surface area contributed by atoms with Gasteiger partial charge < -0.3 is 4.57 Å². The summed E-state index contributed by atoms with van der Waals surface area (Å²) in [5.41, 5.74) is 3.06. The maximum Gasteiger partial charge on any atom is 0.192 e. The van der Waals surface area contributed by atoms with E-state index in [-0.39, 0.29) is 17.1 Å². The lowest BCUT2D eigenvalue weighted by Crippen LogP contribution is -2.23. The molecule has 2 atom stereocenters. The second-order valence-corrected chi connectivity index (χ2v) is 9.10. The number of Topliss-reactive ketones (excluding diaryl/α,β-unsaturated/α-hetero) is 1. The second kappa shape index (κ2) is 10.0. The number of aryl methyl sites for hydroxylation is 1. The Labute approximate surface area is 183 Å². The quantitative estimate of drug-likeness (QED) is 0.358. The number of hydrogen-bond donors (Lipinski definition) is 0. The number of rotatable bonds is 9. The average Bonchev–Trinajstić information content (AvgIpc) is 3.11. The van der Waals surface area contributed by atoms with Gasteiger partial charge in [-0.1, -0.05) is 78.8 Å². The molecule has 2 aromatic carbocycles. The van der Waals surface area contributed by atoms with E-state index in [1.807, 2.05) is 56.3 Å². The lowest BCUT2D eigenvalue weighted by Gasteiger charge is -2.23. The Bertz CT molecular complexity index is 967. The van der Waals surface area contributed by atoms with Crippen LogP contribution in [0.25, 0.3) is 0 Å². The molecule has 0 saturated carbocycles. The summed E-state index contributed by atoms with van der Waals surface area (Å²) in [6.07, 6.45) is 0.933. The van der Waals surface area contributed by atoms with Crippen molar-refractivity contribution in [2.45, 2.75) is 50.2 Å². The Morgan fingerprint density at radius 2 is 1.73 bits per heavy atom. The van der Waals surface area contributed by atoms with Crippen molar-refractivity contribution in [3.05, 3.63) is 77.1 Å². The first-order chi connectivity index (χ1) is 14.4. The zero-order valence-corrected chi connectivity index (χ0v) is 19.2. The molecule has 158 valence electrons. The molecule has 0 fully saturated rings. The van der Waals surface area contributed by atoms with Crippen LogP contribution in [0.15, 0.2) is 59.8 Å². The molecule has 1 aromatic heterocycles. The average molecular weight is 423 g/mol. The number of hydrogen-bond acceptors (Lipinski definition) is 5. The number of carbonyl (C=O) groups excluding carboxylic acids is 1. The molecule has 0 N–H and O–H groups in total. The number of thioether (sulfide) groups is 1. The van der Waals surface area contributed by atoms with Crippen LogP contribution in [-0.4, -0.2) is 44.8 Å². The predicted octanol–water partition coefficient (Wildman–Crippen LogP) is 5.01. The summed E-state index contributed by atoms with van der Waals surface area (Å²) in [6.45, 7) is 6.80. The van der Waals surface area contributed by atoms with Crippen LogP contribution in [0.3, 0.4) is 0 Å².